The summed E-state index contributed by atoms with van der Waals surface area (Å²) in [5.74, 6) is -1.17. The number of hydrogen-bond acceptors (Lipinski definition) is 4. The van der Waals surface area contributed by atoms with E-state index in [2.05, 4.69) is 14.9 Å². The van der Waals surface area contributed by atoms with Gasteiger partial charge in [-0.05, 0) is 38.5 Å². The van der Waals surface area contributed by atoms with E-state index in [9.17, 15) is 13.2 Å². The number of aromatic carboxylic acids is 1. The van der Waals surface area contributed by atoms with E-state index in [1.54, 1.807) is 20.8 Å². The Morgan fingerprint density at radius 1 is 1.29 bits per heavy atom. The second-order valence-corrected chi connectivity index (χ2v) is 6.38. The minimum absolute atomic E-state index is 0.0430. The maximum atomic E-state index is 12.3. The van der Waals surface area contributed by atoms with Gasteiger partial charge >= 0.3 is 5.97 Å². The van der Waals surface area contributed by atoms with Crippen molar-refractivity contribution in [3.05, 3.63) is 40.7 Å². The zero-order chi connectivity index (χ0) is 15.8. The van der Waals surface area contributed by atoms with Crippen LogP contribution in [0.1, 0.15) is 27.3 Å². The zero-order valence-corrected chi connectivity index (χ0v) is 12.6. The third-order valence-electron chi connectivity index (χ3n) is 3.11. The van der Waals surface area contributed by atoms with Crippen molar-refractivity contribution >= 4 is 21.7 Å². The first-order valence-corrected chi connectivity index (χ1v) is 7.59. The number of nitrogens with zero attached hydrogens (tertiary/aromatic N) is 1. The molecule has 0 saturated heterocycles. The van der Waals surface area contributed by atoms with Crippen molar-refractivity contribution in [2.45, 2.75) is 25.7 Å². The molecule has 1 aromatic heterocycles. The fourth-order valence-corrected chi connectivity index (χ4v) is 3.10. The second kappa shape index (κ2) is 5.21. The van der Waals surface area contributed by atoms with Crippen molar-refractivity contribution in [3.63, 3.8) is 0 Å². The first-order chi connectivity index (χ1) is 9.72. The van der Waals surface area contributed by atoms with Crippen LogP contribution in [-0.2, 0) is 10.0 Å². The van der Waals surface area contributed by atoms with Crippen molar-refractivity contribution in [2.75, 3.05) is 4.72 Å². The maximum Gasteiger partial charge on any atom is 0.335 e. The molecule has 0 bridgehead atoms. The van der Waals surface area contributed by atoms with E-state index >= 15 is 0 Å². The van der Waals surface area contributed by atoms with Gasteiger partial charge in [-0.15, -0.1) is 0 Å². The molecule has 0 fully saturated rings. The Kier molecular flexibility index (Phi) is 3.73. The van der Waals surface area contributed by atoms with Crippen molar-refractivity contribution in [2.24, 2.45) is 0 Å². The number of aryl methyl sites for hydroxylation is 3. The Hall–Kier alpha value is -2.35. The largest absolute Gasteiger partial charge is 0.478 e. The number of benzene rings is 1. The number of anilines is 1. The zero-order valence-electron chi connectivity index (χ0n) is 11.8. The number of sulfonamides is 1. The molecule has 21 heavy (non-hydrogen) atoms. The van der Waals surface area contributed by atoms with Crippen LogP contribution in [0.2, 0.25) is 0 Å². The highest BCUT2D eigenvalue weighted by Crippen LogP contribution is 2.22. The highest BCUT2D eigenvalue weighted by Gasteiger charge is 2.20. The van der Waals surface area contributed by atoms with Crippen LogP contribution < -0.4 is 4.72 Å². The van der Waals surface area contributed by atoms with Gasteiger partial charge in [-0.1, -0.05) is 6.07 Å². The van der Waals surface area contributed by atoms with E-state index < -0.39 is 16.0 Å². The van der Waals surface area contributed by atoms with E-state index in [0.29, 0.717) is 22.6 Å². The maximum absolute atomic E-state index is 12.3. The lowest BCUT2D eigenvalue weighted by atomic mass is 10.1. The molecule has 8 heteroatoms. The minimum Gasteiger partial charge on any atom is -0.478 e. The normalized spacial score (nSPS) is 11.4. The molecule has 1 aromatic carbocycles. The van der Waals surface area contributed by atoms with Crippen molar-refractivity contribution in [1.82, 2.24) is 10.2 Å². The van der Waals surface area contributed by atoms with E-state index in [1.165, 1.54) is 12.1 Å². The van der Waals surface area contributed by atoms with E-state index in [0.717, 1.165) is 6.07 Å². The first kappa shape index (κ1) is 15.0. The number of carboxylic acid groups (broad SMARTS) is 1. The number of carboxylic acids is 1. The van der Waals surface area contributed by atoms with Crippen LogP contribution >= 0.6 is 0 Å². The summed E-state index contributed by atoms with van der Waals surface area (Å²) in [6, 6.07) is 3.98. The highest BCUT2D eigenvalue weighted by molar-refractivity contribution is 7.92. The third-order valence-corrected chi connectivity index (χ3v) is 4.46. The van der Waals surface area contributed by atoms with Gasteiger partial charge in [0.25, 0.3) is 10.0 Å². The molecule has 0 spiro atoms. The fraction of sp³-hybridized carbons (Fsp3) is 0.231. The van der Waals surface area contributed by atoms with Crippen molar-refractivity contribution < 1.29 is 18.3 Å². The molecular weight excluding hydrogens is 294 g/mol. The number of nitrogens with one attached hydrogen (secondary N) is 2. The van der Waals surface area contributed by atoms with Gasteiger partial charge in [0.15, 0.2) is 0 Å². The van der Waals surface area contributed by atoms with Gasteiger partial charge in [-0.2, -0.15) is 5.10 Å². The summed E-state index contributed by atoms with van der Waals surface area (Å²) >= 11 is 0. The predicted octanol–water partition coefficient (Wildman–Crippen LogP) is 1.83. The molecule has 0 radical (unpaired) electrons. The van der Waals surface area contributed by atoms with E-state index in [4.69, 9.17) is 5.11 Å². The standard InChI is InChI=1S/C13H15N3O4S/c1-7-4-5-10(6-11(7)13(17)18)21(19,20)16-12-8(2)14-15-9(12)3/h4-6,16H,1-3H3,(H,14,15)(H,17,18). The van der Waals surface area contributed by atoms with Gasteiger partial charge in [-0.3, -0.25) is 9.82 Å². The number of rotatable bonds is 4. The molecule has 2 aromatic rings. The molecule has 0 unspecified atom stereocenters. The second-order valence-electron chi connectivity index (χ2n) is 4.70. The van der Waals surface area contributed by atoms with Crippen LogP contribution in [0.15, 0.2) is 23.1 Å². The fourth-order valence-electron chi connectivity index (χ4n) is 1.89. The van der Waals surface area contributed by atoms with Crippen molar-refractivity contribution in [1.29, 1.82) is 0 Å². The third kappa shape index (κ3) is 2.89. The molecular formula is C13H15N3O4S. The predicted molar refractivity (Wildman–Crippen MR) is 77.0 cm³/mol. The molecule has 3 N–H and O–H groups in total. The van der Waals surface area contributed by atoms with Gasteiger partial charge in [0.2, 0.25) is 0 Å². The number of H-pyrrole nitrogens is 1. The Morgan fingerprint density at radius 2 is 1.95 bits per heavy atom. The van der Waals surface area contributed by atoms with Crippen LogP contribution in [0.3, 0.4) is 0 Å². The number of carbonyl (C=O) groups is 1. The number of aromatic nitrogens is 2. The summed E-state index contributed by atoms with van der Waals surface area (Å²) in [5, 5.41) is 15.7. The minimum atomic E-state index is -3.87. The summed E-state index contributed by atoms with van der Waals surface area (Å²) in [7, 11) is -3.87. The number of hydrogen-bond donors (Lipinski definition) is 3. The van der Waals surface area contributed by atoms with Crippen LogP contribution in [0.4, 0.5) is 5.69 Å². The molecule has 7 nitrogen and oxygen atoms in total. The Labute approximate surface area is 122 Å². The van der Waals surface area contributed by atoms with E-state index in [-0.39, 0.29) is 10.5 Å². The van der Waals surface area contributed by atoms with Crippen LogP contribution in [0, 0.1) is 20.8 Å². The molecule has 0 atom stereocenters. The van der Waals surface area contributed by atoms with E-state index in [1.807, 2.05) is 0 Å². The molecule has 0 saturated carbocycles. The SMILES string of the molecule is Cc1ccc(S(=O)(=O)Nc2c(C)n[nH]c2C)cc1C(=O)O. The summed E-state index contributed by atoms with van der Waals surface area (Å²) in [6.07, 6.45) is 0. The molecule has 0 aliphatic carbocycles. The van der Waals surface area contributed by atoms with Gasteiger partial charge in [-0.25, -0.2) is 13.2 Å². The molecule has 1 heterocycles. The lowest BCUT2D eigenvalue weighted by Crippen LogP contribution is -2.15. The molecule has 0 aliphatic rings. The van der Waals surface area contributed by atoms with Crippen LogP contribution in [0.5, 0.6) is 0 Å². The van der Waals surface area contributed by atoms with Gasteiger partial charge in [0.1, 0.15) is 0 Å². The van der Waals surface area contributed by atoms with Crippen LogP contribution in [0.25, 0.3) is 0 Å². The topological polar surface area (TPSA) is 112 Å². The first-order valence-electron chi connectivity index (χ1n) is 6.10. The monoisotopic (exact) mass is 309 g/mol. The molecule has 2 rings (SSSR count). The van der Waals surface area contributed by atoms with Crippen LogP contribution in [-0.4, -0.2) is 29.7 Å². The van der Waals surface area contributed by atoms with Crippen molar-refractivity contribution in [3.8, 4) is 0 Å². The lowest BCUT2D eigenvalue weighted by molar-refractivity contribution is 0.0696. The lowest BCUT2D eigenvalue weighted by Gasteiger charge is -2.10. The summed E-state index contributed by atoms with van der Waals surface area (Å²) in [5.41, 5.74) is 1.92. The molecule has 0 aliphatic heterocycles. The number of aromatic amines is 1. The summed E-state index contributed by atoms with van der Waals surface area (Å²) in [6.45, 7) is 4.96. The average molecular weight is 309 g/mol. The van der Waals surface area contributed by atoms with Gasteiger partial charge in [0, 0.05) is 0 Å². The Balaban J connectivity index is 2.45. The molecule has 0 amide bonds. The van der Waals surface area contributed by atoms with Gasteiger partial charge < -0.3 is 5.11 Å². The van der Waals surface area contributed by atoms with Gasteiger partial charge in [0.05, 0.1) is 27.5 Å². The molecule has 112 valence electrons. The summed E-state index contributed by atoms with van der Waals surface area (Å²) < 4.78 is 27.1. The quantitative estimate of drug-likeness (QED) is 0.797. The smallest absolute Gasteiger partial charge is 0.335 e. The average Bonchev–Trinajstić information content (AvgIpc) is 2.70. The summed E-state index contributed by atoms with van der Waals surface area (Å²) in [4.78, 5) is 11.0. The Bertz CT molecular complexity index is 789. The Morgan fingerprint density at radius 3 is 2.48 bits per heavy atom. The highest BCUT2D eigenvalue weighted by atomic mass is 32.2.